The molecule has 1 amide bonds. The molecule has 0 radical (unpaired) electrons. The molecule has 1 saturated heterocycles. The van der Waals surface area contributed by atoms with Gasteiger partial charge < -0.3 is 9.26 Å². The monoisotopic (exact) mass is 403 g/mol. The fourth-order valence-corrected chi connectivity index (χ4v) is 3.89. The van der Waals surface area contributed by atoms with E-state index in [1.807, 2.05) is 30.3 Å². The lowest BCUT2D eigenvalue weighted by atomic mass is 10.1. The number of hydrogen-bond donors (Lipinski definition) is 1. The van der Waals surface area contributed by atoms with Crippen LogP contribution in [0.4, 0.5) is 5.82 Å². The number of β-lactam (4-membered cyclic amide) rings is 1. The molecular weight excluding hydrogens is 382 g/mol. The number of rotatable bonds is 7. The minimum atomic E-state index is -1.67. The van der Waals surface area contributed by atoms with Crippen LogP contribution in [0.2, 0.25) is 0 Å². The average molecular weight is 403 g/mol. The number of carbonyl (C=O) groups excluding carboxylic acids is 2. The third-order valence-electron chi connectivity index (χ3n) is 4.11. The number of anilines is 1. The van der Waals surface area contributed by atoms with Crippen molar-refractivity contribution in [2.45, 2.75) is 39.2 Å². The van der Waals surface area contributed by atoms with Crippen LogP contribution < -0.4 is 4.72 Å². The van der Waals surface area contributed by atoms with Gasteiger partial charge in [-0.1, -0.05) is 35.5 Å². The molecule has 2 atom stereocenters. The van der Waals surface area contributed by atoms with Gasteiger partial charge in [-0.2, -0.15) is 0 Å². The number of hydrogen-bond acceptors (Lipinski definition) is 6. The predicted molar refractivity (Wildman–Crippen MR) is 103 cm³/mol. The summed E-state index contributed by atoms with van der Waals surface area (Å²) in [7, 11) is -1.67. The summed E-state index contributed by atoms with van der Waals surface area (Å²) in [5.41, 5.74) is 1.55. The van der Waals surface area contributed by atoms with Gasteiger partial charge in [-0.3, -0.25) is 14.4 Å². The number of amides is 1. The van der Waals surface area contributed by atoms with Crippen LogP contribution in [0.1, 0.15) is 31.6 Å². The van der Waals surface area contributed by atoms with Gasteiger partial charge in [-0.15, -0.1) is 0 Å². The van der Waals surface area contributed by atoms with Gasteiger partial charge >= 0.3 is 5.97 Å². The van der Waals surface area contributed by atoms with Crippen molar-refractivity contribution >= 4 is 28.7 Å². The maximum atomic E-state index is 12.6. The van der Waals surface area contributed by atoms with Crippen LogP contribution in [0.5, 0.6) is 0 Å². The molecule has 2 heterocycles. The first kappa shape index (κ1) is 19.8. The summed E-state index contributed by atoms with van der Waals surface area (Å²) in [4.78, 5) is 26.1. The fourth-order valence-electron chi connectivity index (χ4n) is 2.75. The Bertz CT molecular complexity index is 934. The highest BCUT2D eigenvalue weighted by atomic mass is 32.2. The van der Waals surface area contributed by atoms with E-state index in [2.05, 4.69) is 9.88 Å². The van der Waals surface area contributed by atoms with Crippen molar-refractivity contribution in [1.29, 1.82) is 0 Å². The molecular formula is C19H21N3O5S. The molecule has 0 aliphatic carbocycles. The van der Waals surface area contributed by atoms with Crippen molar-refractivity contribution in [3.63, 3.8) is 0 Å². The average Bonchev–Trinajstić information content (AvgIpc) is 3.07. The number of aromatic nitrogens is 1. The van der Waals surface area contributed by atoms with Gasteiger partial charge in [0.15, 0.2) is 5.82 Å². The molecule has 0 spiro atoms. The Labute approximate surface area is 165 Å². The lowest BCUT2D eigenvalue weighted by Gasteiger charge is -2.40. The highest BCUT2D eigenvalue weighted by Gasteiger charge is 2.45. The summed E-state index contributed by atoms with van der Waals surface area (Å²) >= 11 is 0. The van der Waals surface area contributed by atoms with Crippen LogP contribution in [-0.4, -0.2) is 31.5 Å². The number of ether oxygens (including phenoxy) is 1. The van der Waals surface area contributed by atoms with Gasteiger partial charge in [0.2, 0.25) is 5.91 Å². The quantitative estimate of drug-likeness (QED) is 0.433. The third-order valence-corrected chi connectivity index (χ3v) is 5.39. The number of likely N-dealkylation sites (tertiary alicyclic amines) is 1. The molecule has 0 saturated carbocycles. The van der Waals surface area contributed by atoms with Gasteiger partial charge in [0, 0.05) is 6.07 Å². The molecule has 9 heteroatoms. The molecule has 1 aromatic heterocycles. The molecule has 28 heavy (non-hydrogen) atoms. The van der Waals surface area contributed by atoms with Crippen molar-refractivity contribution in [3.05, 3.63) is 59.0 Å². The van der Waals surface area contributed by atoms with Crippen molar-refractivity contribution in [1.82, 2.24) is 10.1 Å². The van der Waals surface area contributed by atoms with Crippen molar-refractivity contribution < 1.29 is 23.1 Å². The van der Waals surface area contributed by atoms with Crippen LogP contribution in [-0.2, 0) is 31.9 Å². The maximum absolute atomic E-state index is 12.6. The number of benzene rings is 1. The summed E-state index contributed by atoms with van der Waals surface area (Å²) in [6.45, 7) is 5.21. The third kappa shape index (κ3) is 4.30. The van der Waals surface area contributed by atoms with E-state index in [0.717, 1.165) is 5.56 Å². The molecule has 1 N–H and O–H groups in total. The summed E-state index contributed by atoms with van der Waals surface area (Å²) in [6, 6.07) is 10.8. The van der Waals surface area contributed by atoms with Crippen molar-refractivity contribution in [3.8, 4) is 0 Å². The summed E-state index contributed by atoms with van der Waals surface area (Å²) in [5.74, 6) is -0.0448. The molecule has 2 unspecified atom stereocenters. The molecule has 3 rings (SSSR count). The van der Waals surface area contributed by atoms with E-state index in [1.165, 1.54) is 4.90 Å². The van der Waals surface area contributed by atoms with Gasteiger partial charge in [-0.05, 0) is 31.9 Å². The van der Waals surface area contributed by atoms with E-state index in [0.29, 0.717) is 17.2 Å². The highest BCUT2D eigenvalue weighted by Crippen LogP contribution is 2.30. The van der Waals surface area contributed by atoms with Crippen molar-refractivity contribution in [2.24, 2.45) is 0 Å². The molecule has 1 aromatic carbocycles. The number of nitrogens with one attached hydrogen (secondary N) is 1. The van der Waals surface area contributed by atoms with Crippen LogP contribution in [0, 0.1) is 6.92 Å². The Morgan fingerprint density at radius 3 is 2.64 bits per heavy atom. The topological polar surface area (TPSA) is 102 Å². The summed E-state index contributed by atoms with van der Waals surface area (Å²) < 4.78 is 25.6. The zero-order valence-electron chi connectivity index (χ0n) is 15.8. The largest absolute Gasteiger partial charge is 0.456 e. The first-order chi connectivity index (χ1) is 13.4. The Hall–Kier alpha value is -2.94. The molecule has 2 aromatic rings. The van der Waals surface area contributed by atoms with Gasteiger partial charge in [-0.25, -0.2) is 9.00 Å². The van der Waals surface area contributed by atoms with E-state index in [9.17, 15) is 13.8 Å². The zero-order chi connectivity index (χ0) is 20.3. The lowest BCUT2D eigenvalue weighted by Crippen LogP contribution is -2.56. The van der Waals surface area contributed by atoms with Gasteiger partial charge in [0.05, 0.1) is 6.42 Å². The van der Waals surface area contributed by atoms with Gasteiger partial charge in [0.1, 0.15) is 34.4 Å². The SMILES string of the molecule is CC(C)=C(C(=O)OCc1ccccc1)N1C(=O)CC1S(=O)Nc1cc(C)on1. The minimum Gasteiger partial charge on any atom is -0.456 e. The van der Waals surface area contributed by atoms with Gasteiger partial charge in [0.25, 0.3) is 0 Å². The number of aryl methyl sites for hydroxylation is 1. The number of esters is 1. The Balaban J connectivity index is 1.71. The molecule has 0 bridgehead atoms. The van der Waals surface area contributed by atoms with E-state index in [1.54, 1.807) is 26.8 Å². The maximum Gasteiger partial charge on any atom is 0.355 e. The normalized spacial score (nSPS) is 16.9. The van der Waals surface area contributed by atoms with E-state index in [-0.39, 0.29) is 24.6 Å². The molecule has 1 aliphatic heterocycles. The second-order valence-corrected chi connectivity index (χ2v) is 7.90. The first-order valence-corrected chi connectivity index (χ1v) is 9.89. The van der Waals surface area contributed by atoms with Crippen LogP contribution in [0.3, 0.4) is 0 Å². The smallest absolute Gasteiger partial charge is 0.355 e. The zero-order valence-corrected chi connectivity index (χ0v) is 16.6. The van der Waals surface area contributed by atoms with Crippen LogP contribution in [0.15, 0.2) is 52.2 Å². The molecule has 1 aliphatic rings. The molecule has 8 nitrogen and oxygen atoms in total. The predicted octanol–water partition coefficient (Wildman–Crippen LogP) is 2.65. The standard InChI is InChI=1S/C19H21N3O5S/c1-12(2)18(19(24)26-11-14-7-5-4-6-8-14)22-16(23)10-17(22)28(25)21-15-9-13(3)27-20-15/h4-9,17H,10-11H2,1-3H3,(H,20,21). The minimum absolute atomic E-state index is 0.0548. The first-order valence-electron chi connectivity index (χ1n) is 8.68. The highest BCUT2D eigenvalue weighted by molar-refractivity contribution is 7.87. The van der Waals surface area contributed by atoms with Crippen molar-refractivity contribution in [2.75, 3.05) is 4.72 Å². The number of allylic oxidation sites excluding steroid dienone is 1. The second kappa shape index (κ2) is 8.39. The van der Waals surface area contributed by atoms with Crippen LogP contribution in [0.25, 0.3) is 0 Å². The Kier molecular flexibility index (Phi) is 5.93. The van der Waals surface area contributed by atoms with E-state index in [4.69, 9.17) is 9.26 Å². The fraction of sp³-hybridized carbons (Fsp3) is 0.316. The van der Waals surface area contributed by atoms with E-state index < -0.39 is 22.3 Å². The van der Waals surface area contributed by atoms with Crippen LogP contribution >= 0.6 is 0 Å². The van der Waals surface area contributed by atoms with E-state index >= 15 is 0 Å². The molecule has 148 valence electrons. The number of nitrogens with zero attached hydrogens (tertiary/aromatic N) is 2. The number of carbonyl (C=O) groups is 2. The summed E-state index contributed by atoms with van der Waals surface area (Å²) in [6.07, 6.45) is 0.0548. The Morgan fingerprint density at radius 1 is 1.36 bits per heavy atom. The Morgan fingerprint density at radius 2 is 2.07 bits per heavy atom. The second-order valence-electron chi connectivity index (χ2n) is 6.56. The molecule has 1 fully saturated rings. The summed E-state index contributed by atoms with van der Waals surface area (Å²) in [5, 5.41) is 3.04. The lowest BCUT2D eigenvalue weighted by molar-refractivity contribution is -0.150.